The molecule has 22 heavy (non-hydrogen) atoms. The fourth-order valence-electron chi connectivity index (χ4n) is 3.88. The number of hydrogen-bond donors (Lipinski definition) is 0. The summed E-state index contributed by atoms with van der Waals surface area (Å²) in [5.41, 5.74) is -0.769. The summed E-state index contributed by atoms with van der Waals surface area (Å²) in [5.74, 6) is 1.70. The van der Waals surface area contributed by atoms with E-state index in [1.54, 1.807) is 0 Å². The van der Waals surface area contributed by atoms with Gasteiger partial charge in [-0.3, -0.25) is 4.79 Å². The molecule has 0 aromatic carbocycles. The van der Waals surface area contributed by atoms with Crippen LogP contribution in [0.2, 0.25) is 0 Å². The number of aryl methyl sites for hydroxylation is 2. The van der Waals surface area contributed by atoms with E-state index in [-0.39, 0.29) is 11.9 Å². The second-order valence-electron chi connectivity index (χ2n) is 6.60. The minimum absolute atomic E-state index is 0.0340. The van der Waals surface area contributed by atoms with Crippen LogP contribution in [0.25, 0.3) is 0 Å². The van der Waals surface area contributed by atoms with Gasteiger partial charge in [0.2, 0.25) is 5.91 Å². The Labute approximate surface area is 131 Å². The molecule has 1 aromatic rings. The number of carbonyl (C=O) groups excluding carboxylic acids is 1. The van der Waals surface area contributed by atoms with E-state index in [4.69, 9.17) is 0 Å². The Bertz CT molecular complexity index is 609. The summed E-state index contributed by atoms with van der Waals surface area (Å²) in [4.78, 5) is 19.1. The van der Waals surface area contributed by atoms with Gasteiger partial charge in [-0.1, -0.05) is 12.8 Å². The van der Waals surface area contributed by atoms with Gasteiger partial charge >= 0.3 is 0 Å². The molecular formula is C16H23N5O. The first-order valence-corrected chi connectivity index (χ1v) is 8.16. The van der Waals surface area contributed by atoms with E-state index in [1.807, 2.05) is 23.4 Å². The molecule has 1 aromatic heterocycles. The van der Waals surface area contributed by atoms with Crippen molar-refractivity contribution in [3.8, 4) is 6.07 Å². The van der Waals surface area contributed by atoms with Crippen LogP contribution in [-0.2, 0) is 4.79 Å². The molecule has 2 heterocycles. The summed E-state index contributed by atoms with van der Waals surface area (Å²) in [5, 5.41) is 14.0. The van der Waals surface area contributed by atoms with Crippen LogP contribution < -0.4 is 0 Å². The van der Waals surface area contributed by atoms with Gasteiger partial charge < -0.3 is 4.90 Å². The number of nitrogens with zero attached hydrogens (tertiary/aromatic N) is 5. The molecule has 6 nitrogen and oxygen atoms in total. The highest BCUT2D eigenvalue weighted by atomic mass is 16.2. The molecule has 1 saturated heterocycles. The highest BCUT2D eigenvalue weighted by Gasteiger charge is 2.45. The molecule has 0 unspecified atom stereocenters. The second-order valence-corrected chi connectivity index (χ2v) is 6.60. The van der Waals surface area contributed by atoms with Crippen LogP contribution in [0.15, 0.2) is 0 Å². The Morgan fingerprint density at radius 1 is 1.32 bits per heavy atom. The zero-order valence-electron chi connectivity index (χ0n) is 13.4. The summed E-state index contributed by atoms with van der Waals surface area (Å²) in [6, 6.07) is 2.50. The predicted octanol–water partition coefficient (Wildman–Crippen LogP) is 2.14. The fourth-order valence-corrected chi connectivity index (χ4v) is 3.88. The van der Waals surface area contributed by atoms with Gasteiger partial charge in [-0.25, -0.2) is 9.67 Å². The molecule has 2 aliphatic rings. The summed E-state index contributed by atoms with van der Waals surface area (Å²) >= 11 is 0. The van der Waals surface area contributed by atoms with Gasteiger partial charge in [0.05, 0.1) is 12.1 Å². The number of likely N-dealkylation sites (tertiary alicyclic amines) is 1. The predicted molar refractivity (Wildman–Crippen MR) is 80.9 cm³/mol. The van der Waals surface area contributed by atoms with Gasteiger partial charge in [0.1, 0.15) is 17.1 Å². The third kappa shape index (κ3) is 2.49. The number of rotatable bonds is 2. The zero-order valence-corrected chi connectivity index (χ0v) is 13.4. The average molecular weight is 301 g/mol. The van der Waals surface area contributed by atoms with Gasteiger partial charge in [0.15, 0.2) is 0 Å². The first-order chi connectivity index (χ1) is 10.6. The van der Waals surface area contributed by atoms with Crippen LogP contribution in [0.1, 0.15) is 56.2 Å². The molecule has 1 atom stereocenters. The Balaban J connectivity index is 1.77. The highest BCUT2D eigenvalue weighted by Crippen LogP contribution is 2.40. The van der Waals surface area contributed by atoms with E-state index in [0.717, 1.165) is 43.9 Å². The molecule has 2 fully saturated rings. The van der Waals surface area contributed by atoms with Crippen LogP contribution in [0.4, 0.5) is 0 Å². The topological polar surface area (TPSA) is 74.8 Å². The lowest BCUT2D eigenvalue weighted by atomic mass is 9.85. The number of nitriles is 1. The summed E-state index contributed by atoms with van der Waals surface area (Å²) in [6.07, 6.45) is 5.36. The average Bonchev–Trinajstić information content (AvgIpc) is 3.14. The van der Waals surface area contributed by atoms with Gasteiger partial charge in [-0.05, 0) is 39.5 Å². The summed E-state index contributed by atoms with van der Waals surface area (Å²) < 4.78 is 1.95. The first-order valence-electron chi connectivity index (χ1n) is 8.16. The van der Waals surface area contributed by atoms with E-state index in [1.165, 1.54) is 0 Å². The Morgan fingerprint density at radius 2 is 2.05 bits per heavy atom. The number of carbonyl (C=O) groups is 1. The molecule has 0 spiro atoms. The summed E-state index contributed by atoms with van der Waals surface area (Å²) in [6.45, 7) is 5.24. The van der Waals surface area contributed by atoms with Crippen LogP contribution in [0.5, 0.6) is 0 Å². The molecule has 6 heteroatoms. The zero-order chi connectivity index (χ0) is 15.7. The fraction of sp³-hybridized carbons (Fsp3) is 0.750. The smallest absolute Gasteiger partial charge is 0.243 e. The van der Waals surface area contributed by atoms with Gasteiger partial charge in [0.25, 0.3) is 0 Å². The third-order valence-electron chi connectivity index (χ3n) is 5.02. The lowest BCUT2D eigenvalue weighted by molar-refractivity contribution is -0.140. The molecule has 1 saturated carbocycles. The number of hydrogen-bond acceptors (Lipinski definition) is 4. The normalized spacial score (nSPS) is 24.2. The van der Waals surface area contributed by atoms with Crippen molar-refractivity contribution in [1.29, 1.82) is 5.26 Å². The van der Waals surface area contributed by atoms with Crippen molar-refractivity contribution in [3.63, 3.8) is 0 Å². The maximum Gasteiger partial charge on any atom is 0.243 e. The highest BCUT2D eigenvalue weighted by molar-refractivity contribution is 5.86. The van der Waals surface area contributed by atoms with Crippen LogP contribution in [0.3, 0.4) is 0 Å². The molecule has 118 valence electrons. The third-order valence-corrected chi connectivity index (χ3v) is 5.02. The SMILES string of the molecule is Cc1nc(C)n([C@H]2CCCN(C(=O)C3(C#N)CCCC3)C2)n1. The number of aromatic nitrogens is 3. The van der Waals surface area contributed by atoms with Crippen molar-refractivity contribution in [1.82, 2.24) is 19.7 Å². The Hall–Kier alpha value is -1.90. The minimum Gasteiger partial charge on any atom is -0.339 e. The summed E-state index contributed by atoms with van der Waals surface area (Å²) in [7, 11) is 0. The molecule has 3 rings (SSSR count). The maximum atomic E-state index is 12.9. The van der Waals surface area contributed by atoms with Crippen LogP contribution in [0, 0.1) is 30.6 Å². The molecule has 0 radical (unpaired) electrons. The van der Waals surface area contributed by atoms with Crippen molar-refractivity contribution in [2.75, 3.05) is 13.1 Å². The molecular weight excluding hydrogens is 278 g/mol. The lowest BCUT2D eigenvalue weighted by Crippen LogP contribution is -2.47. The Kier molecular flexibility index (Phi) is 3.90. The van der Waals surface area contributed by atoms with Gasteiger partial charge in [-0.15, -0.1) is 0 Å². The Morgan fingerprint density at radius 3 is 2.64 bits per heavy atom. The van der Waals surface area contributed by atoms with Crippen molar-refractivity contribution < 1.29 is 4.79 Å². The molecule has 0 N–H and O–H groups in total. The van der Waals surface area contributed by atoms with E-state index in [9.17, 15) is 10.1 Å². The number of amides is 1. The quantitative estimate of drug-likeness (QED) is 0.838. The largest absolute Gasteiger partial charge is 0.339 e. The van der Waals surface area contributed by atoms with E-state index in [2.05, 4.69) is 16.2 Å². The second kappa shape index (κ2) is 5.71. The standard InChI is InChI=1S/C16H23N5O/c1-12-18-13(2)21(19-12)14-6-5-9-20(10-14)15(22)16(11-17)7-3-4-8-16/h14H,3-10H2,1-2H3/t14-/m0/s1. The van der Waals surface area contributed by atoms with Crippen molar-refractivity contribution in [2.45, 2.75) is 58.4 Å². The number of piperidine rings is 1. The van der Waals surface area contributed by atoms with Gasteiger partial charge in [0, 0.05) is 13.1 Å². The minimum atomic E-state index is -0.769. The van der Waals surface area contributed by atoms with Crippen molar-refractivity contribution in [3.05, 3.63) is 11.6 Å². The van der Waals surface area contributed by atoms with Crippen LogP contribution >= 0.6 is 0 Å². The molecule has 0 bridgehead atoms. The molecule has 1 amide bonds. The lowest BCUT2D eigenvalue weighted by Gasteiger charge is -2.36. The van der Waals surface area contributed by atoms with E-state index >= 15 is 0 Å². The van der Waals surface area contributed by atoms with E-state index in [0.29, 0.717) is 19.4 Å². The van der Waals surface area contributed by atoms with Crippen LogP contribution in [-0.4, -0.2) is 38.7 Å². The van der Waals surface area contributed by atoms with Crippen molar-refractivity contribution >= 4 is 5.91 Å². The monoisotopic (exact) mass is 301 g/mol. The van der Waals surface area contributed by atoms with Crippen molar-refractivity contribution in [2.24, 2.45) is 5.41 Å². The first kappa shape index (κ1) is 15.0. The molecule has 1 aliphatic heterocycles. The van der Waals surface area contributed by atoms with Gasteiger partial charge in [-0.2, -0.15) is 10.4 Å². The van der Waals surface area contributed by atoms with E-state index < -0.39 is 5.41 Å². The maximum absolute atomic E-state index is 12.9. The molecule has 1 aliphatic carbocycles.